The molecule has 6 amide bonds. The molecule has 0 aromatic heterocycles. The molecule has 0 spiro atoms. The zero-order chi connectivity index (χ0) is 99.4. The van der Waals surface area contributed by atoms with Gasteiger partial charge in [-0.15, -0.1) is 0 Å². The fourth-order valence-corrected chi connectivity index (χ4v) is 26.0. The molecule has 0 aromatic rings. The topological polar surface area (TPSA) is 490 Å². The van der Waals surface area contributed by atoms with E-state index in [-0.39, 0.29) is 193 Å². The van der Waals surface area contributed by atoms with Gasteiger partial charge in [-0.05, 0) is 190 Å². The number of likely N-dealkylation sites (N-methyl/N-ethyl adjacent to an activating group) is 1. The van der Waals surface area contributed by atoms with Crippen LogP contribution >= 0.6 is 0 Å². The molecule has 12 fully saturated rings. The number of likely N-dealkylation sites (tertiary alicyclic amines) is 6. The van der Waals surface area contributed by atoms with Gasteiger partial charge in [0.05, 0.1) is 108 Å². The Morgan fingerprint density at radius 1 is 0.275 bits per heavy atom. The molecule has 37 heteroatoms. The molecule has 18 aliphatic rings. The average molecular weight is 2010 g/mol. The van der Waals surface area contributed by atoms with Crippen LogP contribution < -0.4 is 0 Å². The Hall–Kier alpha value is -8.44. The molecule has 142 heavy (non-hydrogen) atoms. The molecule has 18 aliphatic heterocycles. The molecule has 12 unspecified atom stereocenters. The molecule has 30 atom stereocenters. The molecule has 0 saturated carbocycles. The summed E-state index contributed by atoms with van der Waals surface area (Å²) in [5.74, 6) is -7.48. The first-order valence-corrected chi connectivity index (χ1v) is 49.3. The van der Waals surface area contributed by atoms with Crippen LogP contribution in [0, 0.1) is 101 Å². The van der Waals surface area contributed by atoms with Crippen molar-refractivity contribution in [2.75, 3.05) is 132 Å². The van der Waals surface area contributed by atoms with Gasteiger partial charge in [0.15, 0.2) is 0 Å². The number of carboxylic acid groups (broad SMARTS) is 6. The number of carbonyl (C=O) groups excluding carboxylic acids is 6. The Labute approximate surface area is 843 Å². The van der Waals surface area contributed by atoms with Crippen LogP contribution in [0.3, 0.4) is 0 Å². The third-order valence-electron chi connectivity index (χ3n) is 33.4. The summed E-state index contributed by atoms with van der Waals surface area (Å²) < 4.78 is 0. The highest BCUT2D eigenvalue weighted by Crippen LogP contribution is 2.55. The van der Waals surface area contributed by atoms with Crippen molar-refractivity contribution >= 4 is 71.3 Å². The number of carbonyl (C=O) groups is 12. The maximum Gasteiger partial charge on any atom is 0.352 e. The van der Waals surface area contributed by atoms with E-state index in [0.717, 1.165) is 157 Å². The number of carboxylic acids is 6. The number of rotatable bonds is 26. The van der Waals surface area contributed by atoms with E-state index >= 15 is 0 Å². The number of hydrogen-bond donors (Lipinski definition) is 12. The second-order valence-electron chi connectivity index (χ2n) is 43.1. The maximum atomic E-state index is 12.3. The third-order valence-corrected chi connectivity index (χ3v) is 33.4. The predicted molar refractivity (Wildman–Crippen MR) is 539 cm³/mol. The first-order chi connectivity index (χ1) is 63.4. The summed E-state index contributed by atoms with van der Waals surface area (Å²) >= 11 is 0. The van der Waals surface area contributed by atoms with Crippen LogP contribution in [0.2, 0.25) is 0 Å². The number of nitrogens with zero attached hydrogens (tertiary/aromatic N) is 13. The van der Waals surface area contributed by atoms with E-state index in [9.17, 15) is 119 Å². The Kier molecular flexibility index (Phi) is 41.7. The zero-order valence-corrected chi connectivity index (χ0v) is 82.1. The van der Waals surface area contributed by atoms with Gasteiger partial charge in [-0.1, -0.05) is 135 Å². The first kappa shape index (κ1) is 122. The lowest BCUT2D eigenvalue weighted by molar-refractivity contribution is -0.163. The summed E-state index contributed by atoms with van der Waals surface area (Å²) in [6.45, 7) is 47.8. The minimum absolute atomic E-state index is 0. The Balaban J connectivity index is 0.000000258. The first-order valence-electron chi connectivity index (χ1n) is 49.3. The number of β-lactam (4-membered cyclic amide) rings is 6. The molecular formula is C105H177N13O24. The van der Waals surface area contributed by atoms with Crippen molar-refractivity contribution < 1.29 is 119 Å². The van der Waals surface area contributed by atoms with Crippen LogP contribution in [-0.2, 0) is 57.5 Å². The minimum Gasteiger partial charge on any atom is -0.477 e. The van der Waals surface area contributed by atoms with E-state index in [4.69, 9.17) is 0 Å². The minimum atomic E-state index is -1.04. The summed E-state index contributed by atoms with van der Waals surface area (Å²) in [5, 5.41) is 116. The molecule has 12 saturated heterocycles. The molecule has 806 valence electrons. The van der Waals surface area contributed by atoms with Gasteiger partial charge < -0.3 is 95.6 Å². The second-order valence-corrected chi connectivity index (χ2v) is 43.1. The highest BCUT2D eigenvalue weighted by atomic mass is 16.4. The molecule has 0 aromatic carbocycles. The van der Waals surface area contributed by atoms with Gasteiger partial charge in [-0.25, -0.2) is 28.8 Å². The smallest absolute Gasteiger partial charge is 0.352 e. The SMILES string of the molecule is C.C.C.C.C.C.C.CC[C@H]1CCN(CC2=C(C(=O)O)N3C(=O)C([C@@H](C)O)C3[C@H]2C)C1.C[C@@H](O)C1C(=O)N2C(C(=O)O)=C(CN3CC[C@H](N(C)C)C3)[C@H](C)C12.C[C@H]1CCN(CC2=C(C(=O)O)N3C(=O)C([C@@H](C)O)C3[C@H]2C)C1.C[C@H]1CCN(CC2=C(C(=O)O)N3C(=O)C([C@@H](C)O)C3[C@H]2C)C1.C[C@H]1CCN(CC2=C(C(=O)O)N3C(=O)C([C@@H](C)O)C3[C@H]2C)C1.C[C@H]1CCN(CC2=C(C(=O)O)N3C(=O)C([C@@H](C)O)C3[C@H]2C)C1. The molecule has 0 radical (unpaired) electrons. The molecule has 0 bridgehead atoms. The van der Waals surface area contributed by atoms with Gasteiger partial charge >= 0.3 is 35.8 Å². The lowest BCUT2D eigenvalue weighted by Crippen LogP contribution is -2.63. The van der Waals surface area contributed by atoms with E-state index in [1.807, 2.05) is 41.5 Å². The number of amides is 6. The zero-order valence-electron chi connectivity index (χ0n) is 82.1. The van der Waals surface area contributed by atoms with E-state index in [2.05, 4.69) is 83.0 Å². The highest BCUT2D eigenvalue weighted by molar-refractivity contribution is 6.04. The molecular weight excluding hydrogens is 1830 g/mol. The Bertz CT molecular complexity index is 4440. The van der Waals surface area contributed by atoms with Crippen LogP contribution in [0.4, 0.5) is 0 Å². The van der Waals surface area contributed by atoms with Crippen molar-refractivity contribution in [1.82, 2.24) is 63.7 Å². The number of fused-ring (bicyclic) bond motifs is 6. The van der Waals surface area contributed by atoms with Gasteiger partial charge in [0.2, 0.25) is 35.4 Å². The largest absolute Gasteiger partial charge is 0.477 e. The van der Waals surface area contributed by atoms with Crippen molar-refractivity contribution in [3.63, 3.8) is 0 Å². The molecule has 18 heterocycles. The van der Waals surface area contributed by atoms with E-state index in [1.165, 1.54) is 29.4 Å². The van der Waals surface area contributed by atoms with E-state index in [1.54, 1.807) is 41.5 Å². The number of hydrogen-bond acceptors (Lipinski definition) is 25. The molecule has 18 rings (SSSR count). The van der Waals surface area contributed by atoms with Crippen molar-refractivity contribution in [3.8, 4) is 0 Å². The molecule has 12 N–H and O–H groups in total. The summed E-state index contributed by atoms with van der Waals surface area (Å²) in [6.07, 6.45) is 3.45. The van der Waals surface area contributed by atoms with Crippen LogP contribution in [-0.4, -0.2) is 407 Å². The van der Waals surface area contributed by atoms with Gasteiger partial charge in [0.25, 0.3) is 0 Å². The number of aliphatic hydroxyl groups is 6. The van der Waals surface area contributed by atoms with Gasteiger partial charge in [-0.3, -0.25) is 58.2 Å². The highest BCUT2D eigenvalue weighted by Gasteiger charge is 2.66. The van der Waals surface area contributed by atoms with Crippen molar-refractivity contribution in [1.29, 1.82) is 0 Å². The fraction of sp³-hybridized carbons (Fsp3) is 0.771. The van der Waals surface area contributed by atoms with Crippen molar-refractivity contribution in [3.05, 3.63) is 67.6 Å². The second kappa shape index (κ2) is 48.5. The van der Waals surface area contributed by atoms with Gasteiger partial charge in [0.1, 0.15) is 34.2 Å². The van der Waals surface area contributed by atoms with Crippen LogP contribution in [0.25, 0.3) is 0 Å². The lowest BCUT2D eigenvalue weighted by atomic mass is 9.77. The summed E-state index contributed by atoms with van der Waals surface area (Å²) in [7, 11) is 4.12. The molecule has 37 nitrogen and oxygen atoms in total. The monoisotopic (exact) mass is 2000 g/mol. The van der Waals surface area contributed by atoms with Crippen LogP contribution in [0.15, 0.2) is 67.6 Å². The average Bonchev–Trinajstić information content (AvgIpc) is 1.57. The number of aliphatic carboxylic acids is 6. The van der Waals surface area contributed by atoms with Crippen LogP contribution in [0.1, 0.15) is 215 Å². The van der Waals surface area contributed by atoms with Crippen LogP contribution in [0.5, 0.6) is 0 Å². The normalized spacial score (nSPS) is 34.3. The summed E-state index contributed by atoms with van der Waals surface area (Å²) in [4.78, 5) is 168. The van der Waals surface area contributed by atoms with Gasteiger partial charge in [0, 0.05) is 127 Å². The fourth-order valence-electron chi connectivity index (χ4n) is 26.0. The predicted octanol–water partition coefficient (Wildman–Crippen LogP) is 7.28. The molecule has 0 aliphatic carbocycles. The van der Waals surface area contributed by atoms with Crippen molar-refractivity contribution in [2.45, 2.75) is 294 Å². The third kappa shape index (κ3) is 22.5. The quantitative estimate of drug-likeness (QED) is 0.0378. The van der Waals surface area contributed by atoms with Crippen molar-refractivity contribution in [2.24, 2.45) is 101 Å². The van der Waals surface area contributed by atoms with E-state index < -0.39 is 108 Å². The Morgan fingerprint density at radius 3 is 0.570 bits per heavy atom. The maximum absolute atomic E-state index is 12.3. The standard InChI is InChI=1S/C17H27N3O4.C17H26N2O4.4C16H24N2O4.7CH4/c1-9-12(8-19-6-5-11(7-19)18(3)4)15(17(23)24)20-14(9)13(10(2)21)16(20)22;1-4-11-5-6-18(7-11)8-12-9(2)14-13(10(3)20)16(21)19(14)15(12)17(22)23;4*1-8-4-5-17(6-8)7-11-9(2)13-12(10(3)19)15(20)18(13)14(11)16(21)22;;;;;;;/h9-11,13-14,21H,5-8H2,1-4H3,(H,23,24);9-11,13-14,20H,4-8H2,1-3H3,(H,22,23);4*8-10,12-13,19H,4-7H2,1-3H3,(H,21,22);7*1H4/t2*9-,10+,11-,13?,14?;4*8-,9-,10+,12?,13?;;;;;;;/m000000......./s1. The number of aliphatic hydroxyl groups excluding tert-OH is 6. The summed E-state index contributed by atoms with van der Waals surface area (Å²) in [5.41, 5.74) is 5.92. The lowest BCUT2D eigenvalue weighted by Gasteiger charge is -2.46. The van der Waals surface area contributed by atoms with Gasteiger partial charge in [-0.2, -0.15) is 0 Å². The Morgan fingerprint density at radius 2 is 0.437 bits per heavy atom. The summed E-state index contributed by atoms with van der Waals surface area (Å²) in [6, 6.07) is -0.733. The van der Waals surface area contributed by atoms with E-state index in [0.29, 0.717) is 74.9 Å².